The van der Waals surface area contributed by atoms with Crippen LogP contribution in [-0.4, -0.2) is 39.7 Å². The molecule has 134 valence electrons. The van der Waals surface area contributed by atoms with Crippen LogP contribution in [0.5, 0.6) is 0 Å². The van der Waals surface area contributed by atoms with Gasteiger partial charge in [-0.2, -0.15) is 0 Å². The first-order valence-electron chi connectivity index (χ1n) is 8.22. The van der Waals surface area contributed by atoms with Crippen LogP contribution in [0.4, 0.5) is 0 Å². The van der Waals surface area contributed by atoms with Crippen molar-refractivity contribution in [3.8, 4) is 0 Å². The third-order valence-corrected chi connectivity index (χ3v) is 4.03. The number of nitrogens with two attached hydrogens (primary N) is 1. The minimum absolute atomic E-state index is 0.164. The second-order valence-electron chi connectivity index (χ2n) is 6.98. The van der Waals surface area contributed by atoms with E-state index in [0.29, 0.717) is 17.7 Å². The van der Waals surface area contributed by atoms with Gasteiger partial charge < -0.3 is 11.1 Å². The van der Waals surface area contributed by atoms with Crippen LogP contribution in [-0.2, 0) is 6.54 Å². The van der Waals surface area contributed by atoms with Crippen molar-refractivity contribution in [2.45, 2.75) is 25.9 Å². The van der Waals surface area contributed by atoms with Crippen molar-refractivity contribution in [3.63, 3.8) is 0 Å². The molecule has 3 rings (SSSR count). The summed E-state index contributed by atoms with van der Waals surface area (Å²) in [4.78, 5) is 42.5. The summed E-state index contributed by atoms with van der Waals surface area (Å²) in [5, 5.41) is 2.73. The quantitative estimate of drug-likeness (QED) is 0.790. The number of nitrogens with one attached hydrogen (secondary N) is 1. The Morgan fingerprint density at radius 3 is 2.42 bits per heavy atom. The highest BCUT2D eigenvalue weighted by Gasteiger charge is 2.36. The smallest absolute Gasteiger partial charge is 0.261 e. The van der Waals surface area contributed by atoms with Crippen molar-refractivity contribution in [1.82, 2.24) is 15.2 Å². The van der Waals surface area contributed by atoms with Gasteiger partial charge >= 0.3 is 0 Å². The molecule has 2 heterocycles. The number of carbonyl (C=O) groups is 3. The van der Waals surface area contributed by atoms with Gasteiger partial charge in [0.05, 0.1) is 17.7 Å². The molecule has 0 radical (unpaired) electrons. The number of fused-ring (bicyclic) bond motifs is 1. The number of imide groups is 1. The maximum absolute atomic E-state index is 12.6. The molecule has 7 nitrogen and oxygen atoms in total. The van der Waals surface area contributed by atoms with E-state index in [1.54, 1.807) is 44.4 Å². The predicted molar refractivity (Wildman–Crippen MR) is 95.5 cm³/mol. The van der Waals surface area contributed by atoms with E-state index in [-0.39, 0.29) is 23.9 Å². The predicted octanol–water partition coefficient (Wildman–Crippen LogP) is 1.34. The summed E-state index contributed by atoms with van der Waals surface area (Å²) >= 11 is 0. The Hall–Kier alpha value is -3.06. The maximum Gasteiger partial charge on any atom is 0.261 e. The van der Waals surface area contributed by atoms with Gasteiger partial charge in [-0.05, 0) is 49.7 Å². The van der Waals surface area contributed by atoms with Crippen molar-refractivity contribution in [1.29, 1.82) is 0 Å². The topological polar surface area (TPSA) is 105 Å². The lowest BCUT2D eigenvalue weighted by Crippen LogP contribution is -2.45. The van der Waals surface area contributed by atoms with Crippen LogP contribution in [0, 0.1) is 0 Å². The molecule has 7 heteroatoms. The highest BCUT2D eigenvalue weighted by molar-refractivity contribution is 6.22. The van der Waals surface area contributed by atoms with Gasteiger partial charge in [0, 0.05) is 30.0 Å². The molecule has 0 spiro atoms. The first-order valence-corrected chi connectivity index (χ1v) is 8.22. The molecular weight excluding hydrogens is 332 g/mol. The molecule has 1 aliphatic heterocycles. The first-order chi connectivity index (χ1) is 12.3. The summed E-state index contributed by atoms with van der Waals surface area (Å²) in [6, 6.07) is 8.01. The van der Waals surface area contributed by atoms with Gasteiger partial charge in [0.2, 0.25) is 0 Å². The Balaban J connectivity index is 1.80. The number of benzene rings is 1. The van der Waals surface area contributed by atoms with Gasteiger partial charge in [-0.15, -0.1) is 0 Å². The van der Waals surface area contributed by atoms with Crippen molar-refractivity contribution < 1.29 is 14.4 Å². The molecular formula is C19H20N4O3. The van der Waals surface area contributed by atoms with E-state index < -0.39 is 11.4 Å². The van der Waals surface area contributed by atoms with Gasteiger partial charge in [0.15, 0.2) is 0 Å². The Labute approximate surface area is 151 Å². The zero-order chi connectivity index (χ0) is 18.9. The number of hydrogen-bond donors (Lipinski definition) is 2. The number of pyridine rings is 1. The molecule has 0 atom stereocenters. The number of rotatable bonds is 5. The van der Waals surface area contributed by atoms with E-state index in [9.17, 15) is 14.4 Å². The lowest BCUT2D eigenvalue weighted by atomic mass is 10.0. The lowest BCUT2D eigenvalue weighted by Gasteiger charge is -2.18. The molecule has 1 aromatic heterocycles. The zero-order valence-corrected chi connectivity index (χ0v) is 14.7. The van der Waals surface area contributed by atoms with Crippen molar-refractivity contribution in [2.75, 3.05) is 6.54 Å². The molecule has 0 unspecified atom stereocenters. The second-order valence-corrected chi connectivity index (χ2v) is 6.98. The number of aromatic nitrogens is 1. The van der Waals surface area contributed by atoms with E-state index in [1.165, 1.54) is 17.0 Å². The first kappa shape index (κ1) is 17.8. The van der Waals surface area contributed by atoms with Crippen molar-refractivity contribution in [2.24, 2.45) is 5.73 Å². The standard InChI is InChI=1S/C19H20N4O3/c1-19(2,20)11-22-16(24)13-3-4-14-15(9-13)18(26)23(17(14)25)10-12-5-7-21-8-6-12/h3-9H,10-11,20H2,1-2H3,(H,22,24). The van der Waals surface area contributed by atoms with Crippen LogP contribution in [0.15, 0.2) is 42.7 Å². The van der Waals surface area contributed by atoms with Crippen molar-refractivity contribution in [3.05, 3.63) is 65.0 Å². The largest absolute Gasteiger partial charge is 0.350 e. The second kappa shape index (κ2) is 6.68. The van der Waals surface area contributed by atoms with Crippen LogP contribution >= 0.6 is 0 Å². The number of amides is 3. The molecule has 1 aliphatic rings. The Kier molecular flexibility index (Phi) is 4.56. The normalized spacial score (nSPS) is 13.7. The van der Waals surface area contributed by atoms with Gasteiger partial charge in [0.25, 0.3) is 17.7 Å². The van der Waals surface area contributed by atoms with Gasteiger partial charge in [0.1, 0.15) is 0 Å². The molecule has 0 saturated heterocycles. The average molecular weight is 352 g/mol. The molecule has 3 amide bonds. The van der Waals surface area contributed by atoms with Gasteiger partial charge in [-0.25, -0.2) is 0 Å². The monoisotopic (exact) mass is 352 g/mol. The minimum Gasteiger partial charge on any atom is -0.350 e. The number of carbonyl (C=O) groups excluding carboxylic acids is 3. The Morgan fingerprint density at radius 2 is 1.77 bits per heavy atom. The summed E-state index contributed by atoms with van der Waals surface area (Å²) < 4.78 is 0. The molecule has 1 aromatic carbocycles. The molecule has 0 fully saturated rings. The number of nitrogens with zero attached hydrogens (tertiary/aromatic N) is 2. The van der Waals surface area contributed by atoms with Crippen LogP contribution in [0.25, 0.3) is 0 Å². The maximum atomic E-state index is 12.6. The van der Waals surface area contributed by atoms with Gasteiger partial charge in [-0.3, -0.25) is 24.3 Å². The third kappa shape index (κ3) is 3.62. The SMILES string of the molecule is CC(C)(N)CNC(=O)c1ccc2c(c1)C(=O)N(Cc1ccncc1)C2=O. The Bertz CT molecular complexity index is 872. The summed E-state index contributed by atoms with van der Waals surface area (Å²) in [5.41, 5.74) is 6.98. The fourth-order valence-corrected chi connectivity index (χ4v) is 2.66. The van der Waals surface area contributed by atoms with Crippen molar-refractivity contribution >= 4 is 17.7 Å². The van der Waals surface area contributed by atoms with E-state index >= 15 is 0 Å². The van der Waals surface area contributed by atoms with Crippen LogP contribution in [0.2, 0.25) is 0 Å². The van der Waals surface area contributed by atoms with E-state index in [4.69, 9.17) is 5.73 Å². The summed E-state index contributed by atoms with van der Waals surface area (Å²) in [6.45, 7) is 4.06. The lowest BCUT2D eigenvalue weighted by molar-refractivity contribution is 0.0642. The third-order valence-electron chi connectivity index (χ3n) is 4.03. The van der Waals surface area contributed by atoms with Crippen LogP contribution in [0.3, 0.4) is 0 Å². The van der Waals surface area contributed by atoms with E-state index in [0.717, 1.165) is 5.56 Å². The molecule has 0 saturated carbocycles. The van der Waals surface area contributed by atoms with E-state index in [1.807, 2.05) is 0 Å². The highest BCUT2D eigenvalue weighted by Crippen LogP contribution is 2.25. The molecule has 3 N–H and O–H groups in total. The Morgan fingerprint density at radius 1 is 1.12 bits per heavy atom. The molecule has 26 heavy (non-hydrogen) atoms. The molecule has 0 aliphatic carbocycles. The molecule has 0 bridgehead atoms. The average Bonchev–Trinajstić information content (AvgIpc) is 2.84. The van der Waals surface area contributed by atoms with Crippen LogP contribution in [0.1, 0.15) is 50.5 Å². The summed E-state index contributed by atoms with van der Waals surface area (Å²) in [5.74, 6) is -1.10. The van der Waals surface area contributed by atoms with Crippen LogP contribution < -0.4 is 11.1 Å². The highest BCUT2D eigenvalue weighted by atomic mass is 16.2. The zero-order valence-electron chi connectivity index (χ0n) is 14.7. The van der Waals surface area contributed by atoms with Gasteiger partial charge in [-0.1, -0.05) is 0 Å². The molecule has 2 aromatic rings. The fourth-order valence-electron chi connectivity index (χ4n) is 2.66. The number of hydrogen-bond acceptors (Lipinski definition) is 5. The fraction of sp³-hybridized carbons (Fsp3) is 0.263. The minimum atomic E-state index is -0.542. The summed E-state index contributed by atoms with van der Waals surface area (Å²) in [7, 11) is 0. The van der Waals surface area contributed by atoms with E-state index in [2.05, 4.69) is 10.3 Å². The summed E-state index contributed by atoms with van der Waals surface area (Å²) in [6.07, 6.45) is 3.21.